The summed E-state index contributed by atoms with van der Waals surface area (Å²) in [5, 5.41) is 4.50. The van der Waals surface area contributed by atoms with Crippen molar-refractivity contribution in [3.8, 4) is 0 Å². The molecule has 0 radical (unpaired) electrons. The lowest BCUT2D eigenvalue weighted by Crippen LogP contribution is -2.35. The van der Waals surface area contributed by atoms with Crippen molar-refractivity contribution in [3.63, 3.8) is 0 Å². The zero-order valence-corrected chi connectivity index (χ0v) is 10.8. The van der Waals surface area contributed by atoms with Crippen molar-refractivity contribution < 1.29 is 0 Å². The fourth-order valence-corrected chi connectivity index (χ4v) is 2.63. The third kappa shape index (κ3) is 3.07. The van der Waals surface area contributed by atoms with Crippen molar-refractivity contribution in [2.45, 2.75) is 38.6 Å². The van der Waals surface area contributed by atoms with Crippen molar-refractivity contribution >= 4 is 0 Å². The lowest BCUT2D eigenvalue weighted by Gasteiger charge is -2.31. The molecule has 0 spiro atoms. The minimum Gasteiger partial charge on any atom is -0.330 e. The number of aromatic nitrogens is 2. The zero-order valence-electron chi connectivity index (χ0n) is 10.8. The number of nitrogens with zero attached hydrogens (tertiary/aromatic N) is 3. The lowest BCUT2D eigenvalue weighted by molar-refractivity contribution is 0.185. The van der Waals surface area contributed by atoms with Gasteiger partial charge >= 0.3 is 0 Å². The van der Waals surface area contributed by atoms with Crippen molar-refractivity contribution in [3.05, 3.63) is 18.0 Å². The number of nitrogens with two attached hydrogens (primary N) is 1. The smallest absolute Gasteiger partial charge is 0.0546 e. The molecule has 0 saturated carbocycles. The summed E-state index contributed by atoms with van der Waals surface area (Å²) in [6.45, 7) is 6.58. The predicted octanol–water partition coefficient (Wildman–Crippen LogP) is 1.43. The second kappa shape index (κ2) is 6.17. The standard InChI is InChI=1S/C13H24N4/c1-2-16-10-6-13(7-11-16)17-12(4-3-8-14)5-9-15-17/h5,9,13H,2-4,6-8,10-11,14H2,1H3. The molecule has 1 aliphatic rings. The lowest BCUT2D eigenvalue weighted by atomic mass is 10.0. The van der Waals surface area contributed by atoms with E-state index in [4.69, 9.17) is 5.73 Å². The average Bonchev–Trinajstić information content (AvgIpc) is 2.84. The van der Waals surface area contributed by atoms with Gasteiger partial charge in [0.25, 0.3) is 0 Å². The van der Waals surface area contributed by atoms with Gasteiger partial charge in [0.2, 0.25) is 0 Å². The van der Waals surface area contributed by atoms with E-state index < -0.39 is 0 Å². The number of likely N-dealkylation sites (tertiary alicyclic amines) is 1. The SMILES string of the molecule is CCN1CCC(n2nccc2CCCN)CC1. The highest BCUT2D eigenvalue weighted by molar-refractivity contribution is 5.02. The molecule has 96 valence electrons. The Bertz CT molecular complexity index is 326. The minimum atomic E-state index is 0.598. The topological polar surface area (TPSA) is 47.1 Å². The summed E-state index contributed by atoms with van der Waals surface area (Å²) in [6, 6.07) is 2.74. The maximum absolute atomic E-state index is 5.57. The van der Waals surface area contributed by atoms with E-state index in [-0.39, 0.29) is 0 Å². The number of hydrogen-bond donors (Lipinski definition) is 1. The van der Waals surface area contributed by atoms with Gasteiger partial charge in [0.05, 0.1) is 6.04 Å². The van der Waals surface area contributed by atoms with Crippen LogP contribution in [0.5, 0.6) is 0 Å². The van der Waals surface area contributed by atoms with Crippen LogP contribution in [0.4, 0.5) is 0 Å². The van der Waals surface area contributed by atoms with Crippen LogP contribution in [0.3, 0.4) is 0 Å². The molecule has 2 rings (SSSR count). The van der Waals surface area contributed by atoms with Gasteiger partial charge in [-0.2, -0.15) is 5.10 Å². The van der Waals surface area contributed by atoms with Crippen LogP contribution < -0.4 is 5.73 Å². The average molecular weight is 236 g/mol. The van der Waals surface area contributed by atoms with Crippen LogP contribution in [0.1, 0.15) is 37.9 Å². The number of rotatable bonds is 5. The first kappa shape index (κ1) is 12.6. The molecule has 2 heterocycles. The zero-order chi connectivity index (χ0) is 12.1. The van der Waals surface area contributed by atoms with Gasteiger partial charge in [-0.3, -0.25) is 4.68 Å². The number of hydrogen-bond acceptors (Lipinski definition) is 3. The van der Waals surface area contributed by atoms with Gasteiger partial charge in [0.1, 0.15) is 0 Å². The van der Waals surface area contributed by atoms with Gasteiger partial charge in [-0.25, -0.2) is 0 Å². The molecular formula is C13H24N4. The summed E-state index contributed by atoms with van der Waals surface area (Å²) in [7, 11) is 0. The molecule has 0 unspecified atom stereocenters. The summed E-state index contributed by atoms with van der Waals surface area (Å²) in [4.78, 5) is 2.51. The van der Waals surface area contributed by atoms with Crippen LogP contribution in [0, 0.1) is 0 Å². The van der Waals surface area contributed by atoms with Crippen LogP contribution in [-0.4, -0.2) is 40.9 Å². The molecule has 0 bridgehead atoms. The van der Waals surface area contributed by atoms with Crippen molar-refractivity contribution in [2.24, 2.45) is 5.73 Å². The van der Waals surface area contributed by atoms with E-state index in [1.54, 1.807) is 0 Å². The Labute approximate surface area is 104 Å². The fourth-order valence-electron chi connectivity index (χ4n) is 2.63. The summed E-state index contributed by atoms with van der Waals surface area (Å²) in [5.74, 6) is 0. The second-order valence-corrected chi connectivity index (χ2v) is 4.82. The maximum atomic E-state index is 5.57. The first-order valence-electron chi connectivity index (χ1n) is 6.80. The van der Waals surface area contributed by atoms with Crippen LogP contribution in [0.25, 0.3) is 0 Å². The number of aryl methyl sites for hydroxylation is 1. The predicted molar refractivity (Wildman–Crippen MR) is 70.0 cm³/mol. The van der Waals surface area contributed by atoms with E-state index in [0.29, 0.717) is 6.04 Å². The Morgan fingerprint density at radius 2 is 2.18 bits per heavy atom. The highest BCUT2D eigenvalue weighted by Crippen LogP contribution is 2.23. The Morgan fingerprint density at radius 1 is 1.41 bits per heavy atom. The van der Waals surface area contributed by atoms with Gasteiger partial charge < -0.3 is 10.6 Å². The molecule has 2 N–H and O–H groups in total. The molecule has 17 heavy (non-hydrogen) atoms. The molecule has 0 amide bonds. The molecule has 0 aliphatic carbocycles. The monoisotopic (exact) mass is 236 g/mol. The molecule has 4 nitrogen and oxygen atoms in total. The highest BCUT2D eigenvalue weighted by Gasteiger charge is 2.21. The van der Waals surface area contributed by atoms with E-state index in [1.165, 1.54) is 38.2 Å². The van der Waals surface area contributed by atoms with Crippen molar-refractivity contribution in [1.82, 2.24) is 14.7 Å². The summed E-state index contributed by atoms with van der Waals surface area (Å²) >= 11 is 0. The molecular weight excluding hydrogens is 212 g/mol. The normalized spacial score (nSPS) is 18.7. The largest absolute Gasteiger partial charge is 0.330 e. The van der Waals surface area contributed by atoms with Gasteiger partial charge in [-0.1, -0.05) is 6.92 Å². The van der Waals surface area contributed by atoms with Gasteiger partial charge in [-0.05, 0) is 44.8 Å². The highest BCUT2D eigenvalue weighted by atomic mass is 15.3. The fraction of sp³-hybridized carbons (Fsp3) is 0.769. The van der Waals surface area contributed by atoms with Crippen LogP contribution in [0.2, 0.25) is 0 Å². The van der Waals surface area contributed by atoms with Gasteiger partial charge in [0.15, 0.2) is 0 Å². The van der Waals surface area contributed by atoms with Crippen LogP contribution >= 0.6 is 0 Å². The Balaban J connectivity index is 1.95. The Kier molecular flexibility index (Phi) is 4.57. The Morgan fingerprint density at radius 3 is 2.82 bits per heavy atom. The van der Waals surface area contributed by atoms with Crippen molar-refractivity contribution in [1.29, 1.82) is 0 Å². The van der Waals surface area contributed by atoms with E-state index in [1.807, 2.05) is 6.20 Å². The van der Waals surface area contributed by atoms with Crippen molar-refractivity contribution in [2.75, 3.05) is 26.2 Å². The van der Waals surface area contributed by atoms with Crippen LogP contribution in [-0.2, 0) is 6.42 Å². The summed E-state index contributed by atoms with van der Waals surface area (Å²) in [6.07, 6.45) is 6.50. The summed E-state index contributed by atoms with van der Waals surface area (Å²) < 4.78 is 2.24. The molecule has 1 aromatic heterocycles. The number of piperidine rings is 1. The van der Waals surface area contributed by atoms with Crippen LogP contribution in [0.15, 0.2) is 12.3 Å². The van der Waals surface area contributed by atoms with E-state index in [9.17, 15) is 0 Å². The van der Waals surface area contributed by atoms with E-state index in [0.717, 1.165) is 19.4 Å². The van der Waals surface area contributed by atoms with E-state index >= 15 is 0 Å². The molecule has 1 fully saturated rings. The van der Waals surface area contributed by atoms with E-state index in [2.05, 4.69) is 27.7 Å². The molecule has 1 aliphatic heterocycles. The molecule has 1 aromatic rings. The maximum Gasteiger partial charge on any atom is 0.0546 e. The molecule has 0 atom stereocenters. The molecule has 0 aromatic carbocycles. The molecule has 4 heteroatoms. The first-order chi connectivity index (χ1) is 8.35. The van der Waals surface area contributed by atoms with Gasteiger partial charge in [-0.15, -0.1) is 0 Å². The summed E-state index contributed by atoms with van der Waals surface area (Å²) in [5.41, 5.74) is 6.93. The Hall–Kier alpha value is -0.870. The third-order valence-corrected chi connectivity index (χ3v) is 3.74. The third-order valence-electron chi connectivity index (χ3n) is 3.74. The second-order valence-electron chi connectivity index (χ2n) is 4.82. The minimum absolute atomic E-state index is 0.598. The molecule has 1 saturated heterocycles. The first-order valence-corrected chi connectivity index (χ1v) is 6.80. The van der Waals surface area contributed by atoms with Gasteiger partial charge in [0, 0.05) is 25.0 Å². The quantitative estimate of drug-likeness (QED) is 0.841.